The molecule has 1 fully saturated rings. The Morgan fingerprint density at radius 2 is 1.47 bits per heavy atom. The van der Waals surface area contributed by atoms with Gasteiger partial charge in [0, 0.05) is 12.6 Å². The van der Waals surface area contributed by atoms with Crippen molar-refractivity contribution in [3.63, 3.8) is 0 Å². The van der Waals surface area contributed by atoms with Gasteiger partial charge in [0.05, 0.1) is 12.6 Å². The summed E-state index contributed by atoms with van der Waals surface area (Å²) >= 11 is 0. The van der Waals surface area contributed by atoms with Crippen molar-refractivity contribution in [1.82, 2.24) is 4.90 Å². The number of aliphatic hydroxyl groups is 1. The molecule has 3 rings (SSSR count). The number of benzene rings is 2. The first-order valence-electron chi connectivity index (χ1n) is 6.86. The predicted molar refractivity (Wildman–Crippen MR) is 76.9 cm³/mol. The summed E-state index contributed by atoms with van der Waals surface area (Å²) in [6, 6.07) is 21.7. The number of aliphatic hydroxyl groups excluding tert-OH is 1. The van der Waals surface area contributed by atoms with Crippen LogP contribution < -0.4 is 0 Å². The average Bonchev–Trinajstić information content (AvgIpc) is 2.46. The van der Waals surface area contributed by atoms with Crippen molar-refractivity contribution < 1.29 is 5.11 Å². The molecule has 2 aromatic rings. The first-order valence-corrected chi connectivity index (χ1v) is 6.86. The van der Waals surface area contributed by atoms with Gasteiger partial charge in [-0.05, 0) is 17.5 Å². The fourth-order valence-electron chi connectivity index (χ4n) is 2.84. The average molecular weight is 253 g/mol. The van der Waals surface area contributed by atoms with Crippen LogP contribution in [0.25, 0.3) is 0 Å². The number of likely N-dealkylation sites (tertiary alicyclic amines) is 1. The van der Waals surface area contributed by atoms with Gasteiger partial charge < -0.3 is 5.11 Å². The van der Waals surface area contributed by atoms with E-state index in [0.717, 1.165) is 13.0 Å². The summed E-state index contributed by atoms with van der Waals surface area (Å²) in [4.78, 5) is 2.39. The Labute approximate surface area is 114 Å². The molecule has 2 aromatic carbocycles. The molecule has 0 bridgehead atoms. The Bertz CT molecular complexity index is 470. The molecule has 0 spiro atoms. The minimum atomic E-state index is 0.246. The Morgan fingerprint density at radius 1 is 0.947 bits per heavy atom. The summed E-state index contributed by atoms with van der Waals surface area (Å²) in [7, 11) is 0. The topological polar surface area (TPSA) is 23.5 Å². The van der Waals surface area contributed by atoms with Crippen molar-refractivity contribution in [2.24, 2.45) is 0 Å². The lowest BCUT2D eigenvalue weighted by atomic mass is 9.91. The maximum absolute atomic E-state index is 9.46. The van der Waals surface area contributed by atoms with Crippen molar-refractivity contribution in [1.29, 1.82) is 0 Å². The molecular weight excluding hydrogens is 234 g/mol. The minimum absolute atomic E-state index is 0.246. The maximum Gasteiger partial charge on any atom is 0.0605 e. The van der Waals surface area contributed by atoms with Gasteiger partial charge in [-0.1, -0.05) is 60.7 Å². The molecule has 1 unspecified atom stereocenters. The van der Waals surface area contributed by atoms with Crippen LogP contribution in [0.2, 0.25) is 0 Å². The van der Waals surface area contributed by atoms with Crippen LogP contribution in [-0.4, -0.2) is 29.2 Å². The van der Waals surface area contributed by atoms with E-state index in [9.17, 15) is 5.11 Å². The van der Waals surface area contributed by atoms with Gasteiger partial charge in [0.2, 0.25) is 0 Å². The molecule has 2 heteroatoms. The van der Waals surface area contributed by atoms with Crippen LogP contribution in [-0.2, 0) is 0 Å². The number of nitrogens with zero attached hydrogens (tertiary/aromatic N) is 1. The van der Waals surface area contributed by atoms with Gasteiger partial charge >= 0.3 is 0 Å². The summed E-state index contributed by atoms with van der Waals surface area (Å²) in [6.07, 6.45) is 1.09. The van der Waals surface area contributed by atoms with Crippen LogP contribution in [0.15, 0.2) is 60.7 Å². The standard InChI is InChI=1S/C17H19NO/c19-13-16-11-12-18(16)17(14-7-3-1-4-8-14)15-9-5-2-6-10-15/h1-10,16-17,19H,11-13H2. The van der Waals surface area contributed by atoms with Crippen LogP contribution >= 0.6 is 0 Å². The van der Waals surface area contributed by atoms with Crippen molar-refractivity contribution in [3.8, 4) is 0 Å². The second kappa shape index (κ2) is 5.55. The van der Waals surface area contributed by atoms with E-state index in [0.29, 0.717) is 6.04 Å². The predicted octanol–water partition coefficient (Wildman–Crippen LogP) is 2.84. The molecule has 1 heterocycles. The van der Waals surface area contributed by atoms with Gasteiger partial charge in [0.1, 0.15) is 0 Å². The second-order valence-electron chi connectivity index (χ2n) is 5.09. The van der Waals surface area contributed by atoms with E-state index in [4.69, 9.17) is 0 Å². The van der Waals surface area contributed by atoms with Crippen molar-refractivity contribution in [2.45, 2.75) is 18.5 Å². The quantitative estimate of drug-likeness (QED) is 0.905. The van der Waals surface area contributed by atoms with E-state index in [1.54, 1.807) is 0 Å². The third-order valence-electron chi connectivity index (χ3n) is 3.96. The van der Waals surface area contributed by atoms with Gasteiger partial charge in [-0.25, -0.2) is 0 Å². The van der Waals surface area contributed by atoms with Crippen molar-refractivity contribution in [3.05, 3.63) is 71.8 Å². The highest BCUT2D eigenvalue weighted by atomic mass is 16.3. The van der Waals surface area contributed by atoms with Crippen LogP contribution in [0.4, 0.5) is 0 Å². The fourth-order valence-corrected chi connectivity index (χ4v) is 2.84. The zero-order chi connectivity index (χ0) is 13.1. The fraction of sp³-hybridized carbons (Fsp3) is 0.294. The first kappa shape index (κ1) is 12.4. The largest absolute Gasteiger partial charge is 0.395 e. The molecule has 0 saturated carbocycles. The summed E-state index contributed by atoms with van der Waals surface area (Å²) in [5, 5.41) is 9.46. The maximum atomic E-state index is 9.46. The lowest BCUT2D eigenvalue weighted by Gasteiger charge is -2.45. The molecular formula is C17H19NO. The Balaban J connectivity index is 1.97. The highest BCUT2D eigenvalue weighted by molar-refractivity contribution is 5.32. The lowest BCUT2D eigenvalue weighted by molar-refractivity contribution is 0.0174. The van der Waals surface area contributed by atoms with Gasteiger partial charge in [-0.15, -0.1) is 0 Å². The van der Waals surface area contributed by atoms with Gasteiger partial charge in [-0.3, -0.25) is 4.90 Å². The third kappa shape index (κ3) is 2.42. The molecule has 1 aliphatic rings. The van der Waals surface area contributed by atoms with Crippen LogP contribution in [0.3, 0.4) is 0 Å². The van der Waals surface area contributed by atoms with Crippen molar-refractivity contribution in [2.75, 3.05) is 13.2 Å². The van der Waals surface area contributed by atoms with E-state index >= 15 is 0 Å². The van der Waals surface area contributed by atoms with Crippen LogP contribution in [0, 0.1) is 0 Å². The molecule has 0 aliphatic carbocycles. The summed E-state index contributed by atoms with van der Waals surface area (Å²) in [6.45, 7) is 1.30. The molecule has 98 valence electrons. The van der Waals surface area contributed by atoms with E-state index < -0.39 is 0 Å². The second-order valence-corrected chi connectivity index (χ2v) is 5.09. The van der Waals surface area contributed by atoms with E-state index in [1.807, 2.05) is 12.1 Å². The van der Waals surface area contributed by atoms with Gasteiger partial charge in [-0.2, -0.15) is 0 Å². The normalized spacial score (nSPS) is 19.4. The third-order valence-corrected chi connectivity index (χ3v) is 3.96. The molecule has 0 aromatic heterocycles. The monoisotopic (exact) mass is 253 g/mol. The zero-order valence-corrected chi connectivity index (χ0v) is 10.9. The smallest absolute Gasteiger partial charge is 0.0605 e. The lowest BCUT2D eigenvalue weighted by Crippen LogP contribution is -2.51. The van der Waals surface area contributed by atoms with E-state index in [1.165, 1.54) is 11.1 Å². The minimum Gasteiger partial charge on any atom is -0.395 e. The summed E-state index contributed by atoms with van der Waals surface area (Å²) in [5.74, 6) is 0. The Hall–Kier alpha value is -1.64. The SMILES string of the molecule is OCC1CCN1C(c1ccccc1)c1ccccc1. The zero-order valence-electron chi connectivity index (χ0n) is 10.9. The number of hydrogen-bond acceptors (Lipinski definition) is 2. The highest BCUT2D eigenvalue weighted by Gasteiger charge is 2.34. The Kier molecular flexibility index (Phi) is 3.62. The van der Waals surface area contributed by atoms with Crippen LogP contribution in [0.5, 0.6) is 0 Å². The molecule has 1 N–H and O–H groups in total. The van der Waals surface area contributed by atoms with E-state index in [2.05, 4.69) is 53.4 Å². The molecule has 1 aliphatic heterocycles. The van der Waals surface area contributed by atoms with Gasteiger partial charge in [0.25, 0.3) is 0 Å². The van der Waals surface area contributed by atoms with Gasteiger partial charge in [0.15, 0.2) is 0 Å². The molecule has 0 radical (unpaired) electrons. The molecule has 1 saturated heterocycles. The Morgan fingerprint density at radius 3 is 1.84 bits per heavy atom. The molecule has 19 heavy (non-hydrogen) atoms. The molecule has 2 nitrogen and oxygen atoms in total. The number of rotatable bonds is 4. The molecule has 1 atom stereocenters. The summed E-state index contributed by atoms with van der Waals surface area (Å²) < 4.78 is 0. The number of hydrogen-bond donors (Lipinski definition) is 1. The molecule has 0 amide bonds. The van der Waals surface area contributed by atoms with Crippen molar-refractivity contribution >= 4 is 0 Å². The summed E-state index contributed by atoms with van der Waals surface area (Å²) in [5.41, 5.74) is 2.60. The van der Waals surface area contributed by atoms with Crippen LogP contribution in [0.1, 0.15) is 23.6 Å². The first-order chi connectivity index (χ1) is 9.40. The highest BCUT2D eigenvalue weighted by Crippen LogP contribution is 2.35. The van der Waals surface area contributed by atoms with E-state index in [-0.39, 0.29) is 12.6 Å².